The predicted molar refractivity (Wildman–Crippen MR) is 119 cm³/mol. The minimum Gasteiger partial charge on any atom is -0.497 e. The molecule has 154 valence electrons. The third-order valence-corrected chi connectivity index (χ3v) is 6.25. The van der Waals surface area contributed by atoms with E-state index in [2.05, 4.69) is 11.1 Å². The maximum Gasteiger partial charge on any atom is 0.247 e. The monoisotopic (exact) mass is 449 g/mol. The largest absolute Gasteiger partial charge is 0.497 e. The number of ether oxygens (including phenoxy) is 1. The number of imide groups is 1. The molecule has 6 nitrogen and oxygen atoms in total. The van der Waals surface area contributed by atoms with Gasteiger partial charge in [-0.05, 0) is 48.5 Å². The second-order valence-corrected chi connectivity index (χ2v) is 8.37. The van der Waals surface area contributed by atoms with Crippen molar-refractivity contribution < 1.29 is 14.3 Å². The van der Waals surface area contributed by atoms with Crippen molar-refractivity contribution in [3.8, 4) is 23.1 Å². The SMILES string of the molecule is COc1ccc(N2C(=O)C[C@@H](Sc3nc(-c4ccc(Cl)cc4)ccc3C#N)C2=O)cc1. The van der Waals surface area contributed by atoms with Gasteiger partial charge in [-0.25, -0.2) is 9.88 Å². The van der Waals surface area contributed by atoms with Gasteiger partial charge < -0.3 is 4.74 Å². The van der Waals surface area contributed by atoms with Crippen LogP contribution in [0.3, 0.4) is 0 Å². The van der Waals surface area contributed by atoms with E-state index in [9.17, 15) is 14.9 Å². The number of pyridine rings is 1. The van der Waals surface area contributed by atoms with Gasteiger partial charge in [-0.2, -0.15) is 5.26 Å². The third-order valence-electron chi connectivity index (χ3n) is 4.81. The van der Waals surface area contributed by atoms with Crippen molar-refractivity contribution in [3.63, 3.8) is 0 Å². The van der Waals surface area contributed by atoms with Crippen LogP contribution in [0.1, 0.15) is 12.0 Å². The van der Waals surface area contributed by atoms with Crippen molar-refractivity contribution in [2.45, 2.75) is 16.7 Å². The van der Waals surface area contributed by atoms with Crippen LogP contribution in [0.4, 0.5) is 5.69 Å². The standard InChI is InChI=1S/C23H16ClN3O3S/c1-30-18-9-7-17(8-10-18)27-21(28)12-20(23(27)29)31-22-15(13-25)4-11-19(26-22)14-2-5-16(24)6-3-14/h2-11,20H,12H2,1H3/t20-/m1/s1. The zero-order valence-electron chi connectivity index (χ0n) is 16.4. The Balaban J connectivity index is 1.60. The Labute approximate surface area is 188 Å². The minimum atomic E-state index is -0.658. The second-order valence-electron chi connectivity index (χ2n) is 6.74. The lowest BCUT2D eigenvalue weighted by Gasteiger charge is -2.15. The summed E-state index contributed by atoms with van der Waals surface area (Å²) < 4.78 is 5.13. The van der Waals surface area contributed by atoms with Crippen LogP contribution >= 0.6 is 23.4 Å². The van der Waals surface area contributed by atoms with E-state index in [1.807, 2.05) is 12.1 Å². The number of amides is 2. The van der Waals surface area contributed by atoms with Gasteiger partial charge in [0.25, 0.3) is 0 Å². The summed E-state index contributed by atoms with van der Waals surface area (Å²) in [6.07, 6.45) is 0.0350. The summed E-state index contributed by atoms with van der Waals surface area (Å²) in [6.45, 7) is 0. The smallest absolute Gasteiger partial charge is 0.247 e. The summed E-state index contributed by atoms with van der Waals surface area (Å²) >= 11 is 7.09. The van der Waals surface area contributed by atoms with Crippen molar-refractivity contribution in [3.05, 3.63) is 71.2 Å². The fourth-order valence-electron chi connectivity index (χ4n) is 3.23. The van der Waals surface area contributed by atoms with Gasteiger partial charge in [0.05, 0.1) is 29.3 Å². The van der Waals surface area contributed by atoms with Crippen LogP contribution in [0.15, 0.2) is 65.7 Å². The van der Waals surface area contributed by atoms with E-state index in [0.29, 0.717) is 32.7 Å². The lowest BCUT2D eigenvalue weighted by atomic mass is 10.1. The van der Waals surface area contributed by atoms with Crippen LogP contribution in [-0.4, -0.2) is 29.2 Å². The summed E-state index contributed by atoms with van der Waals surface area (Å²) in [7, 11) is 1.55. The number of benzene rings is 2. The fourth-order valence-corrected chi connectivity index (χ4v) is 4.45. The van der Waals surface area contributed by atoms with Crippen molar-refractivity contribution in [1.29, 1.82) is 5.26 Å². The van der Waals surface area contributed by atoms with Gasteiger partial charge in [-0.15, -0.1) is 0 Å². The molecule has 1 atom stereocenters. The first-order valence-corrected chi connectivity index (χ1v) is 10.6. The van der Waals surface area contributed by atoms with Gasteiger partial charge >= 0.3 is 0 Å². The Morgan fingerprint density at radius 3 is 2.45 bits per heavy atom. The molecule has 2 heterocycles. The Kier molecular flexibility index (Phi) is 5.94. The number of anilines is 1. The van der Waals surface area contributed by atoms with Crippen molar-refractivity contribution in [2.24, 2.45) is 0 Å². The molecule has 2 aromatic carbocycles. The third kappa shape index (κ3) is 4.26. The van der Waals surface area contributed by atoms with E-state index >= 15 is 0 Å². The molecule has 0 unspecified atom stereocenters. The molecule has 4 rings (SSSR count). The highest BCUT2D eigenvalue weighted by molar-refractivity contribution is 8.00. The highest BCUT2D eigenvalue weighted by atomic mass is 35.5. The maximum absolute atomic E-state index is 13.0. The van der Waals surface area contributed by atoms with Gasteiger partial charge in [0.15, 0.2) is 0 Å². The van der Waals surface area contributed by atoms with E-state index < -0.39 is 5.25 Å². The molecule has 8 heteroatoms. The number of thioether (sulfide) groups is 1. The number of methoxy groups -OCH3 is 1. The number of nitrogens with zero attached hydrogens (tertiary/aromatic N) is 3. The lowest BCUT2D eigenvalue weighted by molar-refractivity contribution is -0.121. The van der Waals surface area contributed by atoms with Gasteiger partial charge in [0.2, 0.25) is 11.8 Å². The van der Waals surface area contributed by atoms with Crippen molar-refractivity contribution in [2.75, 3.05) is 12.0 Å². The number of rotatable bonds is 5. The summed E-state index contributed by atoms with van der Waals surface area (Å²) in [6, 6.07) is 19.4. The number of hydrogen-bond acceptors (Lipinski definition) is 6. The average molecular weight is 450 g/mol. The summed E-state index contributed by atoms with van der Waals surface area (Å²) in [5, 5.41) is 9.86. The summed E-state index contributed by atoms with van der Waals surface area (Å²) in [5.74, 6) is 0.0124. The Hall–Kier alpha value is -3.34. The van der Waals surface area contributed by atoms with E-state index in [1.165, 1.54) is 4.90 Å². The number of carbonyl (C=O) groups excluding carboxylic acids is 2. The zero-order valence-corrected chi connectivity index (χ0v) is 18.0. The Bertz CT molecular complexity index is 1190. The van der Waals surface area contributed by atoms with Crippen LogP contribution in [0.5, 0.6) is 5.75 Å². The van der Waals surface area contributed by atoms with E-state index in [1.54, 1.807) is 55.6 Å². The normalized spacial score (nSPS) is 15.8. The molecular formula is C23H16ClN3O3S. The van der Waals surface area contributed by atoms with Gasteiger partial charge in [-0.3, -0.25) is 9.59 Å². The Morgan fingerprint density at radius 2 is 1.81 bits per heavy atom. The molecular weight excluding hydrogens is 434 g/mol. The molecule has 1 aliphatic rings. The molecule has 1 saturated heterocycles. The highest BCUT2D eigenvalue weighted by Crippen LogP contribution is 2.36. The number of nitriles is 1. The molecule has 0 N–H and O–H groups in total. The molecule has 2 amide bonds. The Morgan fingerprint density at radius 1 is 1.10 bits per heavy atom. The zero-order chi connectivity index (χ0) is 22.0. The molecule has 3 aromatic rings. The number of hydrogen-bond donors (Lipinski definition) is 0. The molecule has 31 heavy (non-hydrogen) atoms. The summed E-state index contributed by atoms with van der Waals surface area (Å²) in [5.41, 5.74) is 2.33. The van der Waals surface area contributed by atoms with Crippen LogP contribution in [-0.2, 0) is 9.59 Å². The molecule has 0 spiro atoms. The van der Waals surface area contributed by atoms with E-state index in [-0.39, 0.29) is 18.2 Å². The topological polar surface area (TPSA) is 83.3 Å². The first-order valence-electron chi connectivity index (χ1n) is 9.34. The van der Waals surface area contributed by atoms with Crippen LogP contribution in [0.2, 0.25) is 5.02 Å². The first-order chi connectivity index (χ1) is 15.0. The van der Waals surface area contributed by atoms with Crippen LogP contribution < -0.4 is 9.64 Å². The van der Waals surface area contributed by atoms with E-state index in [0.717, 1.165) is 17.3 Å². The quantitative estimate of drug-likeness (QED) is 0.525. The second kappa shape index (κ2) is 8.80. The number of halogens is 1. The predicted octanol–water partition coefficient (Wildman–Crippen LogP) is 4.71. The van der Waals surface area contributed by atoms with Gasteiger partial charge in [0.1, 0.15) is 16.8 Å². The van der Waals surface area contributed by atoms with Crippen molar-refractivity contribution in [1.82, 2.24) is 4.98 Å². The molecule has 1 aliphatic heterocycles. The molecule has 0 saturated carbocycles. The number of aromatic nitrogens is 1. The van der Waals surface area contributed by atoms with Gasteiger partial charge in [0, 0.05) is 17.0 Å². The van der Waals surface area contributed by atoms with Crippen molar-refractivity contribution >= 4 is 40.9 Å². The van der Waals surface area contributed by atoms with Crippen LogP contribution in [0, 0.1) is 11.3 Å². The molecule has 1 fully saturated rings. The fraction of sp³-hybridized carbons (Fsp3) is 0.130. The first kappa shape index (κ1) is 20.9. The van der Waals surface area contributed by atoms with Crippen LogP contribution in [0.25, 0.3) is 11.3 Å². The number of carbonyl (C=O) groups is 2. The lowest BCUT2D eigenvalue weighted by Crippen LogP contribution is -2.31. The average Bonchev–Trinajstić information content (AvgIpc) is 3.07. The van der Waals surface area contributed by atoms with E-state index in [4.69, 9.17) is 16.3 Å². The highest BCUT2D eigenvalue weighted by Gasteiger charge is 2.40. The molecule has 0 bridgehead atoms. The van der Waals surface area contributed by atoms with Gasteiger partial charge in [-0.1, -0.05) is 35.5 Å². The summed E-state index contributed by atoms with van der Waals surface area (Å²) in [4.78, 5) is 31.3. The molecule has 0 radical (unpaired) electrons. The maximum atomic E-state index is 13.0. The molecule has 0 aliphatic carbocycles. The molecule has 1 aromatic heterocycles. The minimum absolute atomic E-state index is 0.0350.